The van der Waals surface area contributed by atoms with Crippen LogP contribution in [0.2, 0.25) is 0 Å². The SMILES string of the molecule is O=C(CN=Cc1ccccc1P(c1ccccc1)c1ccccc1)Nc1ccc(O)cc1. The van der Waals surface area contributed by atoms with Crippen LogP contribution in [0, 0.1) is 0 Å². The second kappa shape index (κ2) is 10.5. The van der Waals surface area contributed by atoms with Gasteiger partial charge in [-0.1, -0.05) is 84.9 Å². The normalized spacial score (nSPS) is 11.0. The molecule has 32 heavy (non-hydrogen) atoms. The van der Waals surface area contributed by atoms with Crippen LogP contribution in [-0.2, 0) is 4.79 Å². The molecule has 0 spiro atoms. The van der Waals surface area contributed by atoms with E-state index >= 15 is 0 Å². The third kappa shape index (κ3) is 5.48. The maximum Gasteiger partial charge on any atom is 0.246 e. The van der Waals surface area contributed by atoms with Crippen LogP contribution >= 0.6 is 7.92 Å². The Morgan fingerprint density at radius 1 is 0.781 bits per heavy atom. The van der Waals surface area contributed by atoms with Crippen molar-refractivity contribution in [1.29, 1.82) is 0 Å². The van der Waals surface area contributed by atoms with Crippen molar-refractivity contribution in [3.63, 3.8) is 0 Å². The van der Waals surface area contributed by atoms with Crippen molar-refractivity contribution in [2.45, 2.75) is 0 Å². The van der Waals surface area contributed by atoms with E-state index in [-0.39, 0.29) is 18.2 Å². The van der Waals surface area contributed by atoms with Gasteiger partial charge in [0.2, 0.25) is 5.91 Å². The molecule has 0 aliphatic rings. The molecule has 0 aromatic heterocycles. The molecule has 0 radical (unpaired) electrons. The molecule has 0 atom stereocenters. The molecule has 0 aliphatic carbocycles. The molecule has 0 saturated carbocycles. The van der Waals surface area contributed by atoms with Gasteiger partial charge in [0.05, 0.1) is 0 Å². The third-order valence-electron chi connectivity index (χ3n) is 4.82. The minimum Gasteiger partial charge on any atom is -0.508 e. The van der Waals surface area contributed by atoms with E-state index < -0.39 is 7.92 Å². The average Bonchev–Trinajstić information content (AvgIpc) is 2.83. The van der Waals surface area contributed by atoms with Gasteiger partial charge < -0.3 is 10.4 Å². The Morgan fingerprint density at radius 3 is 1.97 bits per heavy atom. The topological polar surface area (TPSA) is 61.7 Å². The summed E-state index contributed by atoms with van der Waals surface area (Å²) in [6, 6.07) is 35.6. The number of phenolic OH excluding ortho intramolecular Hbond substituents is 1. The van der Waals surface area contributed by atoms with Crippen LogP contribution in [0.5, 0.6) is 5.75 Å². The van der Waals surface area contributed by atoms with Gasteiger partial charge in [-0.25, -0.2) is 0 Å². The van der Waals surface area contributed by atoms with Crippen molar-refractivity contribution < 1.29 is 9.90 Å². The van der Waals surface area contributed by atoms with Crippen molar-refractivity contribution in [1.82, 2.24) is 0 Å². The minimum atomic E-state index is -0.757. The summed E-state index contributed by atoms with van der Waals surface area (Å²) >= 11 is 0. The summed E-state index contributed by atoms with van der Waals surface area (Å²) in [5.74, 6) is -0.0521. The fraction of sp³-hybridized carbons (Fsp3) is 0.0370. The number of nitrogens with zero attached hydrogens (tertiary/aromatic N) is 1. The number of benzene rings is 4. The van der Waals surface area contributed by atoms with Crippen molar-refractivity contribution >= 4 is 41.6 Å². The Labute approximate surface area is 189 Å². The first-order valence-corrected chi connectivity index (χ1v) is 11.6. The Bertz CT molecular complexity index is 1150. The predicted molar refractivity (Wildman–Crippen MR) is 134 cm³/mol. The van der Waals surface area contributed by atoms with Crippen molar-refractivity contribution in [3.05, 3.63) is 115 Å². The summed E-state index contributed by atoms with van der Waals surface area (Å²) in [4.78, 5) is 16.7. The highest BCUT2D eigenvalue weighted by atomic mass is 31.1. The molecule has 0 fully saturated rings. The Kier molecular flexibility index (Phi) is 7.06. The van der Waals surface area contributed by atoms with E-state index in [9.17, 15) is 9.90 Å². The van der Waals surface area contributed by atoms with Gasteiger partial charge in [0.25, 0.3) is 0 Å². The van der Waals surface area contributed by atoms with E-state index in [1.165, 1.54) is 28.0 Å². The molecule has 4 rings (SSSR count). The number of carbonyl (C=O) groups excluding carboxylic acids is 1. The number of aromatic hydroxyl groups is 1. The zero-order valence-electron chi connectivity index (χ0n) is 17.4. The van der Waals surface area contributed by atoms with E-state index in [1.807, 2.05) is 30.3 Å². The highest BCUT2D eigenvalue weighted by molar-refractivity contribution is 7.80. The standard InChI is InChI=1S/C27H23N2O2P/c30-23-17-15-22(16-18-23)29-27(31)20-28-19-21-9-7-8-14-26(21)32(24-10-3-1-4-11-24)25-12-5-2-6-13-25/h1-19,30H,20H2,(H,29,31). The van der Waals surface area contributed by atoms with Crippen molar-refractivity contribution in [2.24, 2.45) is 4.99 Å². The molecule has 158 valence electrons. The number of hydrogen-bond acceptors (Lipinski definition) is 3. The zero-order valence-corrected chi connectivity index (χ0v) is 18.3. The van der Waals surface area contributed by atoms with Gasteiger partial charge in [-0.3, -0.25) is 9.79 Å². The molecule has 0 bridgehead atoms. The molecule has 0 saturated heterocycles. The molecular formula is C27H23N2O2P. The largest absolute Gasteiger partial charge is 0.508 e. The third-order valence-corrected chi connectivity index (χ3v) is 7.34. The van der Waals surface area contributed by atoms with Crippen LogP contribution in [0.3, 0.4) is 0 Å². The molecule has 2 N–H and O–H groups in total. The summed E-state index contributed by atoms with van der Waals surface area (Å²) in [6.07, 6.45) is 1.78. The van der Waals surface area contributed by atoms with Gasteiger partial charge in [0.15, 0.2) is 0 Å². The quantitative estimate of drug-likeness (QED) is 0.258. The fourth-order valence-electron chi connectivity index (χ4n) is 3.35. The number of hydrogen-bond donors (Lipinski definition) is 2. The van der Waals surface area contributed by atoms with Crippen molar-refractivity contribution in [2.75, 3.05) is 11.9 Å². The second-order valence-corrected chi connectivity index (χ2v) is 9.32. The van der Waals surface area contributed by atoms with Crippen molar-refractivity contribution in [3.8, 4) is 5.75 Å². The first-order chi connectivity index (χ1) is 15.7. The van der Waals surface area contributed by atoms with Gasteiger partial charge in [0, 0.05) is 17.5 Å². The van der Waals surface area contributed by atoms with E-state index in [4.69, 9.17) is 0 Å². The molecule has 5 heteroatoms. The Hall–Kier alpha value is -3.75. The van der Waals surface area contributed by atoms with Gasteiger partial charge in [-0.15, -0.1) is 0 Å². The van der Waals surface area contributed by atoms with Gasteiger partial charge in [0.1, 0.15) is 12.3 Å². The maximum atomic E-state index is 12.3. The van der Waals surface area contributed by atoms with Crippen LogP contribution in [0.4, 0.5) is 5.69 Å². The van der Waals surface area contributed by atoms with Crippen LogP contribution in [-0.4, -0.2) is 23.8 Å². The number of rotatable bonds is 7. The Balaban J connectivity index is 1.57. The van der Waals surface area contributed by atoms with E-state index in [2.05, 4.69) is 64.9 Å². The first kappa shape index (κ1) is 21.5. The van der Waals surface area contributed by atoms with Gasteiger partial charge >= 0.3 is 0 Å². The van der Waals surface area contributed by atoms with E-state index in [0.717, 1.165) is 5.56 Å². The number of amides is 1. The molecule has 0 unspecified atom stereocenters. The smallest absolute Gasteiger partial charge is 0.246 e. The van der Waals surface area contributed by atoms with Gasteiger partial charge in [-0.2, -0.15) is 0 Å². The average molecular weight is 438 g/mol. The van der Waals surface area contributed by atoms with Crippen LogP contribution in [0.15, 0.2) is 114 Å². The summed E-state index contributed by atoms with van der Waals surface area (Å²) < 4.78 is 0. The van der Waals surface area contributed by atoms with Crippen LogP contribution in [0.1, 0.15) is 5.56 Å². The molecule has 0 heterocycles. The number of anilines is 1. The molecule has 4 aromatic rings. The number of carbonyl (C=O) groups is 1. The van der Waals surface area contributed by atoms with E-state index in [1.54, 1.807) is 18.3 Å². The lowest BCUT2D eigenvalue weighted by Crippen LogP contribution is -2.23. The lowest BCUT2D eigenvalue weighted by Gasteiger charge is -2.21. The summed E-state index contributed by atoms with van der Waals surface area (Å²) in [5.41, 5.74) is 1.63. The molecule has 1 amide bonds. The zero-order chi connectivity index (χ0) is 22.2. The highest BCUT2D eigenvalue weighted by Crippen LogP contribution is 2.33. The minimum absolute atomic E-state index is 0.0177. The number of aliphatic imine (C=N–C) groups is 1. The fourth-order valence-corrected chi connectivity index (χ4v) is 5.77. The molecule has 0 aliphatic heterocycles. The molecule has 4 nitrogen and oxygen atoms in total. The van der Waals surface area contributed by atoms with Crippen LogP contribution in [0.25, 0.3) is 0 Å². The summed E-state index contributed by atoms with van der Waals surface area (Å²) in [5, 5.41) is 15.9. The highest BCUT2D eigenvalue weighted by Gasteiger charge is 2.18. The predicted octanol–water partition coefficient (Wildman–Crippen LogP) is 4.21. The van der Waals surface area contributed by atoms with Crippen LogP contribution < -0.4 is 21.2 Å². The lowest BCUT2D eigenvalue weighted by molar-refractivity contribution is -0.114. The summed E-state index contributed by atoms with van der Waals surface area (Å²) in [6.45, 7) is 0.0177. The Morgan fingerprint density at radius 2 is 1.34 bits per heavy atom. The first-order valence-electron chi connectivity index (χ1n) is 10.3. The maximum absolute atomic E-state index is 12.3. The molecule has 4 aromatic carbocycles. The number of phenols is 1. The number of nitrogens with one attached hydrogen (secondary N) is 1. The second-order valence-electron chi connectivity index (χ2n) is 7.13. The van der Waals surface area contributed by atoms with E-state index in [0.29, 0.717) is 5.69 Å². The monoisotopic (exact) mass is 438 g/mol. The van der Waals surface area contributed by atoms with Gasteiger partial charge in [-0.05, 0) is 48.1 Å². The lowest BCUT2D eigenvalue weighted by atomic mass is 10.2. The molecular weight excluding hydrogens is 415 g/mol. The summed E-state index contributed by atoms with van der Waals surface area (Å²) in [7, 11) is -0.757.